The average molecular weight is 241 g/mol. The average Bonchev–Trinajstić information content (AvgIpc) is 2.07. The molecule has 0 spiro atoms. The molecule has 0 nitrogen and oxygen atoms in total. The van der Waals surface area contributed by atoms with Gasteiger partial charge >= 0.3 is 6.18 Å². The van der Waals surface area contributed by atoms with E-state index in [2.05, 4.69) is 0 Å². The summed E-state index contributed by atoms with van der Waals surface area (Å²) in [4.78, 5) is 0. The molecule has 0 fully saturated rings. The Morgan fingerprint density at radius 1 is 1.21 bits per heavy atom. The van der Waals surface area contributed by atoms with Crippen molar-refractivity contribution in [3.05, 3.63) is 39.9 Å². The number of hydrogen-bond acceptors (Lipinski definition) is 0. The first-order valence-corrected chi connectivity index (χ1v) is 4.36. The van der Waals surface area contributed by atoms with Crippen LogP contribution in [0.2, 0.25) is 5.02 Å². The Kier molecular flexibility index (Phi) is 3.45. The largest absolute Gasteiger partial charge is 0.426 e. The topological polar surface area (TPSA) is 0 Å². The summed E-state index contributed by atoms with van der Waals surface area (Å²) < 4.78 is 36.1. The van der Waals surface area contributed by atoms with Gasteiger partial charge in [0.2, 0.25) is 0 Å². The maximum absolute atomic E-state index is 12.0. The lowest BCUT2D eigenvalue weighted by molar-refractivity contribution is -0.0836. The summed E-state index contributed by atoms with van der Waals surface area (Å²) in [5.41, 5.74) is 0.247. The van der Waals surface area contributed by atoms with E-state index in [-0.39, 0.29) is 10.6 Å². The first-order valence-electron chi connectivity index (χ1n) is 3.60. The SMILES string of the molecule is FC(F)(F)C(Cl)=Cc1ccccc1Cl. The summed E-state index contributed by atoms with van der Waals surface area (Å²) in [5, 5.41) is -0.958. The van der Waals surface area contributed by atoms with Crippen LogP contribution in [0.5, 0.6) is 0 Å². The fourth-order valence-electron chi connectivity index (χ4n) is 0.811. The predicted molar refractivity (Wildman–Crippen MR) is 51.3 cm³/mol. The van der Waals surface area contributed by atoms with Gasteiger partial charge in [-0.25, -0.2) is 0 Å². The standard InChI is InChI=1S/C9H5Cl2F3/c10-7-4-2-1-3-6(7)5-8(11)9(12,13)14/h1-5H. The van der Waals surface area contributed by atoms with Crippen molar-refractivity contribution in [2.75, 3.05) is 0 Å². The third-order valence-electron chi connectivity index (χ3n) is 1.46. The first-order chi connectivity index (χ1) is 6.41. The third kappa shape index (κ3) is 2.93. The molecule has 0 aromatic heterocycles. The molecule has 76 valence electrons. The zero-order valence-corrected chi connectivity index (χ0v) is 8.29. The second-order valence-electron chi connectivity index (χ2n) is 2.51. The van der Waals surface area contributed by atoms with Gasteiger partial charge in [-0.3, -0.25) is 0 Å². The van der Waals surface area contributed by atoms with Crippen molar-refractivity contribution in [3.8, 4) is 0 Å². The molecule has 0 radical (unpaired) electrons. The highest BCUT2D eigenvalue weighted by Gasteiger charge is 2.32. The molecule has 0 unspecified atom stereocenters. The Bertz CT molecular complexity index is 355. The minimum atomic E-state index is -4.53. The summed E-state index contributed by atoms with van der Waals surface area (Å²) >= 11 is 10.7. The van der Waals surface area contributed by atoms with E-state index in [0.29, 0.717) is 0 Å². The molecular weight excluding hydrogens is 236 g/mol. The van der Waals surface area contributed by atoms with Gasteiger partial charge in [-0.05, 0) is 17.7 Å². The molecule has 0 aliphatic rings. The molecule has 0 aliphatic heterocycles. The number of rotatable bonds is 1. The van der Waals surface area contributed by atoms with Crippen LogP contribution in [0.25, 0.3) is 6.08 Å². The number of halogens is 5. The zero-order chi connectivity index (χ0) is 10.8. The normalized spacial score (nSPS) is 13.1. The van der Waals surface area contributed by atoms with E-state index in [0.717, 1.165) is 6.08 Å². The monoisotopic (exact) mass is 240 g/mol. The van der Waals surface area contributed by atoms with Crippen molar-refractivity contribution in [2.24, 2.45) is 0 Å². The third-order valence-corrected chi connectivity index (χ3v) is 2.13. The Balaban J connectivity index is 3.04. The van der Waals surface area contributed by atoms with E-state index in [1.807, 2.05) is 0 Å². The first kappa shape index (κ1) is 11.4. The number of allylic oxidation sites excluding steroid dienone is 1. The van der Waals surface area contributed by atoms with E-state index in [1.165, 1.54) is 12.1 Å². The lowest BCUT2D eigenvalue weighted by Gasteiger charge is -2.04. The summed E-state index contributed by atoms with van der Waals surface area (Å²) in [6.45, 7) is 0. The Hall–Kier alpha value is -0.670. The lowest BCUT2D eigenvalue weighted by Crippen LogP contribution is -2.06. The molecular formula is C9H5Cl2F3. The van der Waals surface area contributed by atoms with Crippen LogP contribution in [0.3, 0.4) is 0 Å². The van der Waals surface area contributed by atoms with Crippen LogP contribution in [0.15, 0.2) is 29.3 Å². The van der Waals surface area contributed by atoms with Crippen molar-refractivity contribution in [1.29, 1.82) is 0 Å². The second kappa shape index (κ2) is 4.24. The molecule has 14 heavy (non-hydrogen) atoms. The van der Waals surface area contributed by atoms with Crippen molar-refractivity contribution in [3.63, 3.8) is 0 Å². The summed E-state index contributed by atoms with van der Waals surface area (Å²) in [6.07, 6.45) is -3.73. The van der Waals surface area contributed by atoms with Crippen molar-refractivity contribution < 1.29 is 13.2 Å². The molecule has 0 saturated carbocycles. The van der Waals surface area contributed by atoms with E-state index in [4.69, 9.17) is 23.2 Å². The van der Waals surface area contributed by atoms with Crippen molar-refractivity contribution in [2.45, 2.75) is 6.18 Å². The van der Waals surface area contributed by atoms with E-state index >= 15 is 0 Å². The highest BCUT2D eigenvalue weighted by molar-refractivity contribution is 6.34. The van der Waals surface area contributed by atoms with Gasteiger partial charge in [0.05, 0.1) is 0 Å². The minimum absolute atomic E-state index is 0.231. The van der Waals surface area contributed by atoms with Gasteiger partial charge in [0.1, 0.15) is 5.03 Å². The smallest absolute Gasteiger partial charge is 0.165 e. The summed E-state index contributed by atoms with van der Waals surface area (Å²) in [6, 6.07) is 6.16. The quantitative estimate of drug-likeness (QED) is 0.679. The Morgan fingerprint density at radius 3 is 2.29 bits per heavy atom. The maximum Gasteiger partial charge on any atom is 0.426 e. The molecule has 0 saturated heterocycles. The molecule has 0 aliphatic carbocycles. The van der Waals surface area contributed by atoms with Crippen LogP contribution in [0.4, 0.5) is 13.2 Å². The Morgan fingerprint density at radius 2 is 1.79 bits per heavy atom. The lowest BCUT2D eigenvalue weighted by atomic mass is 10.2. The molecule has 5 heteroatoms. The van der Waals surface area contributed by atoms with Gasteiger partial charge in [0.25, 0.3) is 0 Å². The summed E-state index contributed by atoms with van der Waals surface area (Å²) in [7, 11) is 0. The molecule has 0 bridgehead atoms. The summed E-state index contributed by atoms with van der Waals surface area (Å²) in [5.74, 6) is 0. The fourth-order valence-corrected chi connectivity index (χ4v) is 1.12. The van der Waals surface area contributed by atoms with Crippen LogP contribution in [0.1, 0.15) is 5.56 Å². The molecule has 0 amide bonds. The van der Waals surface area contributed by atoms with Gasteiger partial charge in [0, 0.05) is 5.02 Å². The van der Waals surface area contributed by atoms with E-state index in [9.17, 15) is 13.2 Å². The maximum atomic E-state index is 12.0. The molecule has 0 atom stereocenters. The molecule has 0 heterocycles. The van der Waals surface area contributed by atoms with Crippen LogP contribution < -0.4 is 0 Å². The van der Waals surface area contributed by atoms with E-state index < -0.39 is 11.2 Å². The van der Waals surface area contributed by atoms with Gasteiger partial charge in [-0.15, -0.1) is 0 Å². The second-order valence-corrected chi connectivity index (χ2v) is 3.33. The predicted octanol–water partition coefficient (Wildman–Crippen LogP) is 4.48. The van der Waals surface area contributed by atoms with Crippen LogP contribution in [-0.2, 0) is 0 Å². The van der Waals surface area contributed by atoms with Gasteiger partial charge < -0.3 is 0 Å². The highest BCUT2D eigenvalue weighted by atomic mass is 35.5. The van der Waals surface area contributed by atoms with Gasteiger partial charge in [-0.1, -0.05) is 41.4 Å². The molecule has 1 aromatic rings. The molecule has 1 rings (SSSR count). The number of benzene rings is 1. The highest BCUT2D eigenvalue weighted by Crippen LogP contribution is 2.31. The Labute approximate surface area is 88.9 Å². The van der Waals surface area contributed by atoms with Crippen LogP contribution in [0, 0.1) is 0 Å². The zero-order valence-electron chi connectivity index (χ0n) is 6.78. The van der Waals surface area contributed by atoms with Crippen LogP contribution in [-0.4, -0.2) is 6.18 Å². The number of alkyl halides is 3. The van der Waals surface area contributed by atoms with Gasteiger partial charge in [0.15, 0.2) is 0 Å². The van der Waals surface area contributed by atoms with Crippen molar-refractivity contribution >= 4 is 29.3 Å². The fraction of sp³-hybridized carbons (Fsp3) is 0.111. The van der Waals surface area contributed by atoms with E-state index in [1.54, 1.807) is 12.1 Å². The molecule has 0 N–H and O–H groups in total. The number of hydrogen-bond donors (Lipinski definition) is 0. The minimum Gasteiger partial charge on any atom is -0.165 e. The van der Waals surface area contributed by atoms with Crippen LogP contribution >= 0.6 is 23.2 Å². The molecule has 1 aromatic carbocycles. The van der Waals surface area contributed by atoms with Gasteiger partial charge in [-0.2, -0.15) is 13.2 Å². The van der Waals surface area contributed by atoms with Crippen molar-refractivity contribution in [1.82, 2.24) is 0 Å².